The molecule has 0 saturated carbocycles. The van der Waals surface area contributed by atoms with E-state index in [2.05, 4.69) is 29.2 Å². The van der Waals surface area contributed by atoms with E-state index in [1.807, 2.05) is 34.9 Å². The molecular formula is C22H17N3O2. The zero-order valence-electron chi connectivity index (χ0n) is 14.5. The Bertz CT molecular complexity index is 1150. The van der Waals surface area contributed by atoms with Crippen LogP contribution in [0, 0.1) is 0 Å². The Morgan fingerprint density at radius 3 is 2.44 bits per heavy atom. The van der Waals surface area contributed by atoms with Crippen molar-refractivity contribution in [3.05, 3.63) is 84.7 Å². The van der Waals surface area contributed by atoms with Gasteiger partial charge in [-0.3, -0.25) is 14.2 Å². The zero-order valence-corrected chi connectivity index (χ0v) is 14.5. The third kappa shape index (κ3) is 3.35. The quantitative estimate of drug-likeness (QED) is 0.437. The molecule has 1 heterocycles. The number of nitrogens with zero attached hydrogens (tertiary/aromatic N) is 2. The van der Waals surface area contributed by atoms with Crippen molar-refractivity contribution in [2.45, 2.75) is 6.42 Å². The fourth-order valence-electron chi connectivity index (χ4n) is 3.11. The first-order valence-corrected chi connectivity index (χ1v) is 8.56. The van der Waals surface area contributed by atoms with Crippen molar-refractivity contribution in [3.63, 3.8) is 0 Å². The first kappa shape index (κ1) is 16.7. The van der Waals surface area contributed by atoms with E-state index in [0.29, 0.717) is 5.56 Å². The van der Waals surface area contributed by atoms with E-state index in [-0.39, 0.29) is 12.2 Å². The predicted molar refractivity (Wildman–Crippen MR) is 105 cm³/mol. The van der Waals surface area contributed by atoms with Gasteiger partial charge < -0.3 is 5.73 Å². The van der Waals surface area contributed by atoms with Gasteiger partial charge in [0.05, 0.1) is 17.5 Å². The maximum atomic E-state index is 12.2. The van der Waals surface area contributed by atoms with Crippen molar-refractivity contribution in [1.82, 2.24) is 9.55 Å². The summed E-state index contributed by atoms with van der Waals surface area (Å²) in [7, 11) is 0. The molecule has 0 unspecified atom stereocenters. The molecule has 0 atom stereocenters. The summed E-state index contributed by atoms with van der Waals surface area (Å²) in [5.74, 6) is -0.931. The highest BCUT2D eigenvalue weighted by molar-refractivity contribution is 6.08. The molecule has 1 amide bonds. The highest BCUT2D eigenvalue weighted by atomic mass is 16.2. The van der Waals surface area contributed by atoms with Crippen molar-refractivity contribution >= 4 is 22.7 Å². The minimum atomic E-state index is -0.635. The third-order valence-corrected chi connectivity index (χ3v) is 4.44. The molecule has 2 N–H and O–H groups in total. The minimum Gasteiger partial charge on any atom is -0.369 e. The van der Waals surface area contributed by atoms with E-state index in [9.17, 15) is 9.59 Å². The molecule has 5 nitrogen and oxygen atoms in total. The molecule has 0 aliphatic heterocycles. The molecule has 0 spiro atoms. The van der Waals surface area contributed by atoms with Gasteiger partial charge in [0.25, 0.3) is 0 Å². The van der Waals surface area contributed by atoms with Crippen LogP contribution in [0.1, 0.15) is 16.8 Å². The molecule has 0 bridgehead atoms. The highest BCUT2D eigenvalue weighted by Gasteiger charge is 2.13. The number of carbonyl (C=O) groups excluding carboxylic acids is 2. The molecule has 0 aliphatic carbocycles. The lowest BCUT2D eigenvalue weighted by Gasteiger charge is -2.08. The van der Waals surface area contributed by atoms with Crippen LogP contribution in [0.4, 0.5) is 0 Å². The molecule has 0 saturated heterocycles. The number of benzene rings is 3. The molecule has 0 radical (unpaired) electrons. The monoisotopic (exact) mass is 355 g/mol. The first-order valence-electron chi connectivity index (χ1n) is 8.56. The topological polar surface area (TPSA) is 78.0 Å². The summed E-state index contributed by atoms with van der Waals surface area (Å²) in [6.45, 7) is 0. The lowest BCUT2D eigenvalue weighted by molar-refractivity contribution is -0.117. The number of primary amides is 1. The Balaban J connectivity index is 1.78. The summed E-state index contributed by atoms with van der Waals surface area (Å²) < 4.78 is 1.93. The largest absolute Gasteiger partial charge is 0.369 e. The molecule has 4 rings (SSSR count). The number of nitrogens with two attached hydrogens (primary N) is 1. The van der Waals surface area contributed by atoms with Gasteiger partial charge in [-0.15, -0.1) is 0 Å². The Morgan fingerprint density at radius 2 is 1.67 bits per heavy atom. The summed E-state index contributed by atoms with van der Waals surface area (Å²) in [4.78, 5) is 27.6. The van der Waals surface area contributed by atoms with Crippen molar-refractivity contribution in [1.29, 1.82) is 0 Å². The van der Waals surface area contributed by atoms with Crippen molar-refractivity contribution in [2.75, 3.05) is 0 Å². The van der Waals surface area contributed by atoms with Crippen LogP contribution < -0.4 is 5.73 Å². The standard InChI is InChI=1S/C22H17N3O2/c23-22(27)13-21(26)17-9-10-19-20(12-17)25(14-24-19)18-8-4-7-16(11-18)15-5-2-1-3-6-15/h1-12,14H,13H2,(H2,23,27). The Kier molecular flexibility index (Phi) is 4.26. The smallest absolute Gasteiger partial charge is 0.225 e. The molecular weight excluding hydrogens is 338 g/mol. The van der Waals surface area contributed by atoms with Crippen LogP contribution >= 0.6 is 0 Å². The number of amides is 1. The summed E-state index contributed by atoms with van der Waals surface area (Å²) in [5.41, 5.74) is 10.3. The van der Waals surface area contributed by atoms with Gasteiger partial charge in [-0.05, 0) is 41.5 Å². The molecule has 1 aromatic heterocycles. The third-order valence-electron chi connectivity index (χ3n) is 4.44. The molecule has 3 aromatic carbocycles. The van der Waals surface area contributed by atoms with Crippen molar-refractivity contribution in [2.24, 2.45) is 5.73 Å². The number of Topliss-reactive ketones (excluding diaryl/α,β-unsaturated/α-hetero) is 1. The lowest BCUT2D eigenvalue weighted by atomic mass is 10.0. The van der Waals surface area contributed by atoms with Crippen molar-refractivity contribution in [3.8, 4) is 16.8 Å². The average molecular weight is 355 g/mol. The van der Waals surface area contributed by atoms with Gasteiger partial charge in [-0.25, -0.2) is 4.98 Å². The van der Waals surface area contributed by atoms with Crippen LogP contribution in [0.15, 0.2) is 79.1 Å². The van der Waals surface area contributed by atoms with Gasteiger partial charge >= 0.3 is 0 Å². The van der Waals surface area contributed by atoms with Crippen LogP contribution in [-0.2, 0) is 4.79 Å². The van der Waals surface area contributed by atoms with Crippen LogP contribution in [-0.4, -0.2) is 21.2 Å². The molecule has 5 heteroatoms. The summed E-state index contributed by atoms with van der Waals surface area (Å²) in [6.07, 6.45) is 1.43. The maximum Gasteiger partial charge on any atom is 0.225 e. The Hall–Kier alpha value is -3.73. The summed E-state index contributed by atoms with van der Waals surface area (Å²) in [6, 6.07) is 23.4. The Labute approximate surface area is 156 Å². The van der Waals surface area contributed by atoms with Gasteiger partial charge in [-0.1, -0.05) is 42.5 Å². The number of hydrogen-bond donors (Lipinski definition) is 1. The van der Waals surface area contributed by atoms with Crippen LogP contribution in [0.5, 0.6) is 0 Å². The van der Waals surface area contributed by atoms with E-state index < -0.39 is 5.91 Å². The molecule has 0 aliphatic rings. The van der Waals surface area contributed by atoms with Gasteiger partial charge in [0.2, 0.25) is 5.91 Å². The minimum absolute atomic E-state index is 0.296. The number of imidazole rings is 1. The number of ketones is 1. The predicted octanol–water partition coefficient (Wildman–Crippen LogP) is 3.75. The second-order valence-corrected chi connectivity index (χ2v) is 6.30. The van der Waals surface area contributed by atoms with Crippen LogP contribution in [0.25, 0.3) is 27.8 Å². The summed E-state index contributed by atoms with van der Waals surface area (Å²) >= 11 is 0. The summed E-state index contributed by atoms with van der Waals surface area (Å²) in [5, 5.41) is 0. The van der Waals surface area contributed by atoms with Gasteiger partial charge in [-0.2, -0.15) is 0 Å². The van der Waals surface area contributed by atoms with Gasteiger partial charge in [0.1, 0.15) is 6.33 Å². The molecule has 4 aromatic rings. The normalized spacial score (nSPS) is 10.8. The van der Waals surface area contributed by atoms with E-state index in [1.165, 1.54) is 0 Å². The number of aromatic nitrogens is 2. The fraction of sp³-hybridized carbons (Fsp3) is 0.0455. The fourth-order valence-corrected chi connectivity index (χ4v) is 3.11. The van der Waals surface area contributed by atoms with E-state index in [0.717, 1.165) is 27.8 Å². The Morgan fingerprint density at radius 1 is 0.889 bits per heavy atom. The SMILES string of the molecule is NC(=O)CC(=O)c1ccc2ncn(-c3cccc(-c4ccccc4)c3)c2c1. The van der Waals surface area contributed by atoms with E-state index >= 15 is 0 Å². The van der Waals surface area contributed by atoms with Gasteiger partial charge in [0.15, 0.2) is 5.78 Å². The number of rotatable bonds is 5. The number of hydrogen-bond acceptors (Lipinski definition) is 3. The molecule has 132 valence electrons. The zero-order chi connectivity index (χ0) is 18.8. The molecule has 27 heavy (non-hydrogen) atoms. The second-order valence-electron chi connectivity index (χ2n) is 6.30. The maximum absolute atomic E-state index is 12.2. The number of carbonyl (C=O) groups is 2. The lowest BCUT2D eigenvalue weighted by Crippen LogP contribution is -2.16. The average Bonchev–Trinajstić information content (AvgIpc) is 3.11. The van der Waals surface area contributed by atoms with Crippen molar-refractivity contribution < 1.29 is 9.59 Å². The first-order chi connectivity index (χ1) is 13.1. The van der Waals surface area contributed by atoms with E-state index in [4.69, 9.17) is 5.73 Å². The van der Waals surface area contributed by atoms with E-state index in [1.54, 1.807) is 24.5 Å². The van der Waals surface area contributed by atoms with Crippen LogP contribution in [0.2, 0.25) is 0 Å². The highest BCUT2D eigenvalue weighted by Crippen LogP contribution is 2.25. The van der Waals surface area contributed by atoms with Crippen LogP contribution in [0.3, 0.4) is 0 Å². The second kappa shape index (κ2) is 6.88. The number of fused-ring (bicyclic) bond motifs is 1. The molecule has 0 fully saturated rings. The van der Waals surface area contributed by atoms with Gasteiger partial charge in [0, 0.05) is 11.3 Å².